The van der Waals surface area contributed by atoms with Crippen LogP contribution >= 0.6 is 0 Å². The molecule has 0 radical (unpaired) electrons. The Bertz CT molecular complexity index is 377. The Labute approximate surface area is 224 Å². The van der Waals surface area contributed by atoms with E-state index in [1.165, 1.54) is 104 Å². The van der Waals surface area contributed by atoms with Crippen LogP contribution < -0.4 is 0 Å². The molecule has 0 saturated carbocycles. The zero-order valence-electron chi connectivity index (χ0n) is 24.3. The molecule has 0 rings (SSSR count). The molecule has 204 valence electrons. The first kappa shape index (κ1) is 37.2. The van der Waals surface area contributed by atoms with E-state index in [0.717, 1.165) is 0 Å². The van der Waals surface area contributed by atoms with Crippen molar-refractivity contribution < 1.29 is 10.2 Å². The average Bonchev–Trinajstić information content (AvgIpc) is 2.87. The quantitative estimate of drug-likeness (QED) is 0.111. The molecule has 0 aliphatic heterocycles. The molecule has 2 N–H and O–H groups in total. The molecule has 0 aromatic heterocycles. The number of unbranched alkanes of at least 4 members (excludes halogenated alkanes) is 6. The van der Waals surface area contributed by atoms with Gasteiger partial charge in [0.15, 0.2) is 0 Å². The molecule has 0 atom stereocenters. The van der Waals surface area contributed by atoms with E-state index in [9.17, 15) is 0 Å². The molecule has 0 amide bonds. The maximum absolute atomic E-state index is 9.05. The van der Waals surface area contributed by atoms with E-state index >= 15 is 0 Å². The van der Waals surface area contributed by atoms with Crippen LogP contribution in [-0.4, -0.2) is 60.2 Å². The van der Waals surface area contributed by atoms with Gasteiger partial charge >= 0.3 is 226 Å². The Morgan fingerprint density at radius 2 is 0.618 bits per heavy atom. The SMILES string of the molecule is CCC[CH2][Sn](/[CH]=C/CO)([CH2]CCC)[CH2]CCC.CCC[CH2][Sn](/[CH]=C/CO)([CH2]CCC)[CH2]CCC. The van der Waals surface area contributed by atoms with Crippen molar-refractivity contribution in [3.63, 3.8) is 0 Å². The van der Waals surface area contributed by atoms with Crippen molar-refractivity contribution in [2.24, 2.45) is 0 Å². The van der Waals surface area contributed by atoms with Crippen LogP contribution in [0.2, 0.25) is 26.6 Å². The molecule has 0 aromatic carbocycles. The molecule has 0 aromatic rings. The van der Waals surface area contributed by atoms with Gasteiger partial charge in [-0.05, 0) is 0 Å². The third-order valence-corrected chi connectivity index (χ3v) is 35.8. The van der Waals surface area contributed by atoms with Gasteiger partial charge in [-0.1, -0.05) is 0 Å². The molecule has 2 nitrogen and oxygen atoms in total. The van der Waals surface area contributed by atoms with Crippen molar-refractivity contribution in [1.82, 2.24) is 0 Å². The monoisotopic (exact) mass is 696 g/mol. The van der Waals surface area contributed by atoms with Crippen LogP contribution in [0.4, 0.5) is 0 Å². The van der Waals surface area contributed by atoms with Crippen LogP contribution in [0.1, 0.15) is 119 Å². The fraction of sp³-hybridized carbons (Fsp3) is 0.867. The summed E-state index contributed by atoms with van der Waals surface area (Å²) in [5, 5.41) is 18.1. The minimum atomic E-state index is -2.03. The Morgan fingerprint density at radius 3 is 0.765 bits per heavy atom. The molecule has 0 fully saturated rings. The summed E-state index contributed by atoms with van der Waals surface area (Å²) in [6.45, 7) is 14.3. The number of aliphatic hydroxyl groups is 2. The van der Waals surface area contributed by atoms with Gasteiger partial charge in [0.25, 0.3) is 0 Å². The van der Waals surface area contributed by atoms with Gasteiger partial charge in [0.1, 0.15) is 0 Å². The van der Waals surface area contributed by atoms with Crippen LogP contribution in [0.15, 0.2) is 20.3 Å². The van der Waals surface area contributed by atoms with Crippen molar-refractivity contribution >= 4 is 36.8 Å². The van der Waals surface area contributed by atoms with Gasteiger partial charge < -0.3 is 0 Å². The van der Waals surface area contributed by atoms with Crippen molar-refractivity contribution in [2.45, 2.75) is 145 Å². The van der Waals surface area contributed by atoms with Crippen LogP contribution in [0.5, 0.6) is 0 Å². The van der Waals surface area contributed by atoms with Crippen LogP contribution in [-0.2, 0) is 0 Å². The molecule has 0 spiro atoms. The molecular formula is C30H64O2Sn2. The van der Waals surface area contributed by atoms with Gasteiger partial charge in [-0.3, -0.25) is 0 Å². The summed E-state index contributed by atoms with van der Waals surface area (Å²) in [5.41, 5.74) is 0. The number of aliphatic hydroxyl groups excluding tert-OH is 2. The molecule has 0 heterocycles. The number of hydrogen-bond acceptors (Lipinski definition) is 2. The van der Waals surface area contributed by atoms with E-state index < -0.39 is 36.8 Å². The molecule has 0 unspecified atom stereocenters. The molecule has 4 heteroatoms. The summed E-state index contributed by atoms with van der Waals surface area (Å²) in [6, 6.07) is 0. The van der Waals surface area contributed by atoms with Crippen LogP contribution in [0.25, 0.3) is 0 Å². The van der Waals surface area contributed by atoms with Gasteiger partial charge in [0.05, 0.1) is 0 Å². The zero-order valence-corrected chi connectivity index (χ0v) is 30.1. The minimum absolute atomic E-state index is 0.239. The first-order chi connectivity index (χ1) is 16.5. The summed E-state index contributed by atoms with van der Waals surface area (Å²) in [6.07, 6.45) is 20.5. The van der Waals surface area contributed by atoms with E-state index in [-0.39, 0.29) is 13.2 Å². The first-order valence-corrected chi connectivity index (χ1v) is 30.5. The zero-order chi connectivity index (χ0) is 26.0. The van der Waals surface area contributed by atoms with Crippen LogP contribution in [0, 0.1) is 0 Å². The Balaban J connectivity index is 0. The van der Waals surface area contributed by atoms with E-state index in [1.54, 1.807) is 0 Å². The first-order valence-electron chi connectivity index (χ1n) is 15.1. The molecule has 0 aliphatic rings. The third-order valence-electron chi connectivity index (χ3n) is 7.32. The molecule has 34 heavy (non-hydrogen) atoms. The summed E-state index contributed by atoms with van der Waals surface area (Å²) < 4.78 is 14.1. The normalized spacial score (nSPS) is 12.5. The Morgan fingerprint density at radius 1 is 0.412 bits per heavy atom. The second-order valence-electron chi connectivity index (χ2n) is 10.5. The van der Waals surface area contributed by atoms with E-state index in [4.69, 9.17) is 10.2 Å². The second-order valence-corrected chi connectivity index (χ2v) is 36.5. The fourth-order valence-corrected chi connectivity index (χ4v) is 33.7. The van der Waals surface area contributed by atoms with Crippen molar-refractivity contribution in [3.8, 4) is 0 Å². The van der Waals surface area contributed by atoms with Crippen molar-refractivity contribution in [2.75, 3.05) is 13.2 Å². The van der Waals surface area contributed by atoms with Crippen LogP contribution in [0.3, 0.4) is 0 Å². The average molecular weight is 694 g/mol. The van der Waals surface area contributed by atoms with Gasteiger partial charge in [-0.2, -0.15) is 0 Å². The van der Waals surface area contributed by atoms with Gasteiger partial charge in [-0.25, -0.2) is 0 Å². The topological polar surface area (TPSA) is 40.5 Å². The summed E-state index contributed by atoms with van der Waals surface area (Å²) in [4.78, 5) is 0. The van der Waals surface area contributed by atoms with Crippen molar-refractivity contribution in [3.05, 3.63) is 20.3 Å². The Hall–Kier alpha value is 0.997. The van der Waals surface area contributed by atoms with Gasteiger partial charge in [0, 0.05) is 0 Å². The number of hydrogen-bond donors (Lipinski definition) is 2. The van der Waals surface area contributed by atoms with Crippen molar-refractivity contribution in [1.29, 1.82) is 0 Å². The standard InChI is InChI=1S/6C4H9.2C3H5O.2Sn/c6*1-3-4-2;2*1-2-3-4;;/h6*1,3-4H2,2H3;2*1-2,4H,3H2;;. The molecule has 0 aliphatic carbocycles. The Kier molecular flexibility index (Phi) is 29.5. The van der Waals surface area contributed by atoms with E-state index in [0.29, 0.717) is 0 Å². The molecule has 0 saturated heterocycles. The molecule has 0 bridgehead atoms. The summed E-state index contributed by atoms with van der Waals surface area (Å²) in [7, 11) is 0. The molecular weight excluding hydrogens is 630 g/mol. The van der Waals surface area contributed by atoms with E-state index in [2.05, 4.69) is 61.9 Å². The number of rotatable bonds is 22. The fourth-order valence-electron chi connectivity index (χ4n) is 5.03. The van der Waals surface area contributed by atoms with Gasteiger partial charge in [-0.15, -0.1) is 0 Å². The predicted octanol–water partition coefficient (Wildman–Crippen LogP) is 9.85. The summed E-state index contributed by atoms with van der Waals surface area (Å²) >= 11 is -4.06. The second kappa shape index (κ2) is 27.0. The maximum atomic E-state index is 9.05. The predicted molar refractivity (Wildman–Crippen MR) is 162 cm³/mol. The van der Waals surface area contributed by atoms with Gasteiger partial charge in [0.2, 0.25) is 0 Å². The third kappa shape index (κ3) is 20.1. The van der Waals surface area contributed by atoms with E-state index in [1.807, 2.05) is 0 Å². The summed E-state index contributed by atoms with van der Waals surface area (Å²) in [5.74, 6) is 0.